The molecule has 6 heteroatoms. The molecule has 0 aromatic rings. The monoisotopic (exact) mass is 195 g/mol. The van der Waals surface area contributed by atoms with Gasteiger partial charge in [-0.3, -0.25) is 4.79 Å². The summed E-state index contributed by atoms with van der Waals surface area (Å²) in [5.74, 6) is -0.805. The second-order valence-electron chi connectivity index (χ2n) is 2.74. The lowest BCUT2D eigenvalue weighted by molar-refractivity contribution is -0.137. The Morgan fingerprint density at radius 2 is 1.85 bits per heavy atom. The Morgan fingerprint density at radius 1 is 1.38 bits per heavy atom. The van der Waals surface area contributed by atoms with Crippen LogP contribution in [0.15, 0.2) is 0 Å². The fourth-order valence-electron chi connectivity index (χ4n) is 0.743. The van der Waals surface area contributed by atoms with Gasteiger partial charge in [-0.2, -0.15) is 0 Å². The highest BCUT2D eigenvalue weighted by Gasteiger charge is 2.33. The Balaban J connectivity index is 4.24. The van der Waals surface area contributed by atoms with E-state index < -0.39 is 36.9 Å². The highest BCUT2D eigenvalue weighted by Crippen LogP contribution is 2.09. The third-order valence-corrected chi connectivity index (χ3v) is 1.62. The Labute approximate surface area is 74.4 Å². The number of carbonyl (C=O) groups excluding carboxylic acids is 1. The number of hydrogen-bond donors (Lipinski definition) is 4. The van der Waals surface area contributed by atoms with Crippen molar-refractivity contribution in [2.45, 2.75) is 31.4 Å². The van der Waals surface area contributed by atoms with E-state index in [0.29, 0.717) is 0 Å². The zero-order valence-corrected chi connectivity index (χ0v) is 7.09. The molecule has 0 rings (SSSR count). The molecule has 0 unspecified atom stereocenters. The first-order valence-electron chi connectivity index (χ1n) is 3.71. The topological polar surface area (TPSA) is 98.0 Å². The maximum absolute atomic E-state index is 12.8. The minimum absolute atomic E-state index is 0.805. The van der Waals surface area contributed by atoms with E-state index >= 15 is 0 Å². The molecule has 78 valence electrons. The van der Waals surface area contributed by atoms with Gasteiger partial charge >= 0.3 is 0 Å². The van der Waals surface area contributed by atoms with Crippen LogP contribution >= 0.6 is 0 Å². The van der Waals surface area contributed by atoms with Crippen LogP contribution in [-0.4, -0.2) is 57.3 Å². The van der Waals surface area contributed by atoms with Crippen LogP contribution in [0.5, 0.6) is 0 Å². The Hall–Kier alpha value is -0.560. The predicted octanol–water partition coefficient (Wildman–Crippen LogP) is -2.01. The van der Waals surface area contributed by atoms with Crippen LogP contribution in [0.3, 0.4) is 0 Å². The largest absolute Gasteiger partial charge is 0.394 e. The van der Waals surface area contributed by atoms with Gasteiger partial charge in [0.15, 0.2) is 12.0 Å². The molecule has 4 N–H and O–H groups in total. The molecule has 13 heavy (non-hydrogen) atoms. The van der Waals surface area contributed by atoms with Crippen LogP contribution in [-0.2, 0) is 4.79 Å². The number of carbonyl (C=O) groups is 1. The van der Waals surface area contributed by atoms with Crippen molar-refractivity contribution >= 4 is 5.78 Å². The lowest BCUT2D eigenvalue weighted by Crippen LogP contribution is -2.45. The SMILES string of the molecule is [11CH3]C(=O)[C@@H](O)[C@@H](O)[C@H](F)[C@H](O)CO. The average molecular weight is 195 g/mol. The van der Waals surface area contributed by atoms with Crippen molar-refractivity contribution in [3.8, 4) is 0 Å². The van der Waals surface area contributed by atoms with Crippen molar-refractivity contribution in [3.05, 3.63) is 0 Å². The lowest BCUT2D eigenvalue weighted by atomic mass is 9.95. The summed E-state index contributed by atoms with van der Waals surface area (Å²) in [6.07, 6.45) is -7.94. The molecule has 5 nitrogen and oxygen atoms in total. The first-order valence-corrected chi connectivity index (χ1v) is 3.71. The minimum atomic E-state index is -2.25. The number of halogens is 1. The van der Waals surface area contributed by atoms with Crippen LogP contribution in [0.1, 0.15) is 6.92 Å². The molecule has 0 aromatic carbocycles. The molecule has 0 fully saturated rings. The summed E-state index contributed by atoms with van der Waals surface area (Å²) >= 11 is 0. The maximum atomic E-state index is 12.8. The normalized spacial score (nSPS) is 20.5. The van der Waals surface area contributed by atoms with Crippen molar-refractivity contribution in [1.82, 2.24) is 0 Å². The first kappa shape index (κ1) is 12.4. The summed E-state index contributed by atoms with van der Waals surface area (Å²) in [5, 5.41) is 34.8. The number of hydrogen-bond acceptors (Lipinski definition) is 5. The van der Waals surface area contributed by atoms with Crippen molar-refractivity contribution < 1.29 is 29.6 Å². The predicted molar refractivity (Wildman–Crippen MR) is 40.7 cm³/mol. The lowest BCUT2D eigenvalue weighted by Gasteiger charge is -2.21. The zero-order chi connectivity index (χ0) is 10.6. The molecule has 0 radical (unpaired) electrons. The van der Waals surface area contributed by atoms with Crippen LogP contribution in [0.4, 0.5) is 4.39 Å². The molecule has 0 aliphatic carbocycles. The van der Waals surface area contributed by atoms with Gasteiger partial charge in [-0.1, -0.05) is 0 Å². The highest BCUT2D eigenvalue weighted by molar-refractivity contribution is 5.80. The molecule has 0 heterocycles. The Bertz CT molecular complexity index is 174. The first-order chi connectivity index (χ1) is 5.91. The third-order valence-electron chi connectivity index (χ3n) is 1.62. The van der Waals surface area contributed by atoms with E-state index in [-0.39, 0.29) is 0 Å². The van der Waals surface area contributed by atoms with E-state index in [0.717, 1.165) is 6.92 Å². The molecule has 0 bridgehead atoms. The summed E-state index contributed by atoms with van der Waals surface area (Å²) < 4.78 is 12.8. The minimum Gasteiger partial charge on any atom is -0.394 e. The van der Waals surface area contributed by atoms with Crippen molar-refractivity contribution in [2.24, 2.45) is 0 Å². The van der Waals surface area contributed by atoms with E-state index in [1.165, 1.54) is 0 Å². The highest BCUT2D eigenvalue weighted by atomic mass is 19.1. The van der Waals surface area contributed by atoms with Crippen LogP contribution in [0, 0.1) is 0 Å². The van der Waals surface area contributed by atoms with Gasteiger partial charge in [-0.25, -0.2) is 4.39 Å². The summed E-state index contributed by atoms with van der Waals surface area (Å²) in [6, 6.07) is 0. The zero-order valence-electron chi connectivity index (χ0n) is 7.09. The number of ketones is 1. The Morgan fingerprint density at radius 3 is 2.15 bits per heavy atom. The number of aliphatic hydroxyl groups excluding tert-OH is 4. The molecule has 0 saturated heterocycles. The van der Waals surface area contributed by atoms with Gasteiger partial charge in [0, 0.05) is 0 Å². The average Bonchev–Trinajstić information content (AvgIpc) is 2.12. The van der Waals surface area contributed by atoms with Crippen LogP contribution in [0.2, 0.25) is 0 Å². The van der Waals surface area contributed by atoms with E-state index in [1.807, 2.05) is 0 Å². The van der Waals surface area contributed by atoms with Gasteiger partial charge in [0.05, 0.1) is 6.61 Å². The van der Waals surface area contributed by atoms with Crippen molar-refractivity contribution in [2.75, 3.05) is 6.61 Å². The van der Waals surface area contributed by atoms with Gasteiger partial charge in [-0.15, -0.1) is 0 Å². The number of aliphatic hydroxyl groups is 4. The molecule has 0 aliphatic rings. The summed E-state index contributed by atoms with van der Waals surface area (Å²) in [7, 11) is 0. The maximum Gasteiger partial charge on any atom is 0.160 e. The molecule has 0 aromatic heterocycles. The van der Waals surface area contributed by atoms with E-state index in [4.69, 9.17) is 20.4 Å². The fraction of sp³-hybridized carbons (Fsp3) is 0.857. The van der Waals surface area contributed by atoms with Gasteiger partial charge in [-0.05, 0) is 6.92 Å². The summed E-state index contributed by atoms with van der Waals surface area (Å²) in [4.78, 5) is 10.5. The number of alkyl halides is 1. The van der Waals surface area contributed by atoms with E-state index in [9.17, 15) is 9.18 Å². The molecule has 0 aliphatic heterocycles. The van der Waals surface area contributed by atoms with Gasteiger partial charge < -0.3 is 20.4 Å². The number of rotatable bonds is 5. The van der Waals surface area contributed by atoms with Gasteiger partial charge in [0.25, 0.3) is 0 Å². The van der Waals surface area contributed by atoms with E-state index in [2.05, 4.69) is 0 Å². The fourth-order valence-corrected chi connectivity index (χ4v) is 0.743. The molecule has 0 saturated carbocycles. The molecule has 4 atom stereocenters. The number of Topliss-reactive ketones (excluding diaryl/α,β-unsaturated/α-hetero) is 1. The smallest absolute Gasteiger partial charge is 0.160 e. The standard InChI is InChI=1S/C7H13FO5/c1-3(10)6(12)7(13)5(8)4(11)2-9/h4-7,9,11-13H,2H2,1H3/t4-,5-,6-,7+/m1/s1/i1-1. The quantitative estimate of drug-likeness (QED) is 0.406. The molecular formula is C7H13FO5. The Kier molecular flexibility index (Phi) is 5.01. The van der Waals surface area contributed by atoms with Gasteiger partial charge in [0.1, 0.15) is 18.3 Å². The van der Waals surface area contributed by atoms with Crippen molar-refractivity contribution in [1.29, 1.82) is 0 Å². The van der Waals surface area contributed by atoms with Gasteiger partial charge in [0.2, 0.25) is 0 Å². The van der Waals surface area contributed by atoms with Crippen LogP contribution in [0.25, 0.3) is 0 Å². The second kappa shape index (κ2) is 5.23. The molecule has 0 spiro atoms. The molecular weight excluding hydrogens is 182 g/mol. The molecule has 0 amide bonds. The van der Waals surface area contributed by atoms with Crippen molar-refractivity contribution in [3.63, 3.8) is 0 Å². The van der Waals surface area contributed by atoms with Crippen LogP contribution < -0.4 is 0 Å². The summed E-state index contributed by atoms with van der Waals surface area (Å²) in [6.45, 7) is 0.0920. The third kappa shape index (κ3) is 3.35. The van der Waals surface area contributed by atoms with E-state index in [1.54, 1.807) is 0 Å². The summed E-state index contributed by atoms with van der Waals surface area (Å²) in [5.41, 5.74) is 0. The second-order valence-corrected chi connectivity index (χ2v) is 2.74.